The van der Waals surface area contributed by atoms with Gasteiger partial charge in [0.2, 0.25) is 5.88 Å². The number of rotatable bonds is 7. The van der Waals surface area contributed by atoms with Gasteiger partial charge in [-0.15, -0.1) is 0 Å². The van der Waals surface area contributed by atoms with Crippen LogP contribution in [-0.2, 0) is 20.9 Å². The summed E-state index contributed by atoms with van der Waals surface area (Å²) in [5, 5.41) is 9.81. The summed E-state index contributed by atoms with van der Waals surface area (Å²) in [6.45, 7) is 4.17. The minimum absolute atomic E-state index is 0.0616. The van der Waals surface area contributed by atoms with Crippen molar-refractivity contribution in [3.05, 3.63) is 82.4 Å². The number of methoxy groups -OCH3 is 1. The monoisotopic (exact) mass is 420 g/mol. The molecule has 1 aliphatic rings. The molecule has 2 aromatic rings. The summed E-state index contributed by atoms with van der Waals surface area (Å²) in [7, 11) is 1.27. The standard InChI is InChI=1S/C24H24N2O5/c1-4-29-19-12-8-11-17(22(19)30-14-16-9-6-5-7-10-16)21-18(13-25)23(26)31-15(2)20(21)24(27)28-3/h5-12,21H,4,14,26H2,1-3H3/t21-/m1/s1. The highest BCUT2D eigenvalue weighted by atomic mass is 16.5. The third-order valence-electron chi connectivity index (χ3n) is 4.86. The second-order valence-electron chi connectivity index (χ2n) is 6.77. The second-order valence-corrected chi connectivity index (χ2v) is 6.77. The van der Waals surface area contributed by atoms with Gasteiger partial charge in [-0.3, -0.25) is 0 Å². The van der Waals surface area contributed by atoms with Crippen LogP contribution >= 0.6 is 0 Å². The van der Waals surface area contributed by atoms with Gasteiger partial charge in [-0.05, 0) is 25.5 Å². The lowest BCUT2D eigenvalue weighted by Gasteiger charge is -2.28. The molecular weight excluding hydrogens is 396 g/mol. The Morgan fingerprint density at radius 2 is 1.90 bits per heavy atom. The van der Waals surface area contributed by atoms with Crippen molar-refractivity contribution >= 4 is 5.97 Å². The number of ether oxygens (including phenoxy) is 4. The van der Waals surface area contributed by atoms with Gasteiger partial charge in [-0.25, -0.2) is 4.79 Å². The molecule has 7 nitrogen and oxygen atoms in total. The first kappa shape index (κ1) is 21.8. The number of para-hydroxylation sites is 1. The van der Waals surface area contributed by atoms with Crippen LogP contribution in [-0.4, -0.2) is 19.7 Å². The molecule has 0 saturated carbocycles. The van der Waals surface area contributed by atoms with Gasteiger partial charge in [-0.2, -0.15) is 5.26 Å². The maximum absolute atomic E-state index is 12.6. The number of benzene rings is 2. The number of esters is 1. The van der Waals surface area contributed by atoms with Crippen molar-refractivity contribution in [2.24, 2.45) is 5.73 Å². The Hall–Kier alpha value is -3.92. The van der Waals surface area contributed by atoms with Gasteiger partial charge in [-0.1, -0.05) is 42.5 Å². The van der Waals surface area contributed by atoms with E-state index >= 15 is 0 Å². The fraction of sp³-hybridized carbons (Fsp3) is 0.250. The number of nitrogens with two attached hydrogens (primary N) is 1. The molecule has 0 fully saturated rings. The van der Waals surface area contributed by atoms with Crippen LogP contribution in [0.3, 0.4) is 0 Å². The Morgan fingerprint density at radius 3 is 2.55 bits per heavy atom. The molecular formula is C24H24N2O5. The summed E-state index contributed by atoms with van der Waals surface area (Å²) in [6, 6.07) is 17.1. The zero-order valence-electron chi connectivity index (χ0n) is 17.7. The molecule has 160 valence electrons. The van der Waals surface area contributed by atoms with Gasteiger partial charge in [0.25, 0.3) is 0 Å². The van der Waals surface area contributed by atoms with Crippen LogP contribution in [0.2, 0.25) is 0 Å². The highest BCUT2D eigenvalue weighted by molar-refractivity contribution is 5.92. The zero-order chi connectivity index (χ0) is 22.4. The van der Waals surface area contributed by atoms with Gasteiger partial charge in [0.1, 0.15) is 24.0 Å². The Kier molecular flexibility index (Phi) is 6.83. The third-order valence-corrected chi connectivity index (χ3v) is 4.86. The molecule has 0 radical (unpaired) electrons. The van der Waals surface area contributed by atoms with E-state index in [1.54, 1.807) is 25.1 Å². The molecule has 7 heteroatoms. The highest BCUT2D eigenvalue weighted by Crippen LogP contribution is 2.46. The topological polar surface area (TPSA) is 104 Å². The summed E-state index contributed by atoms with van der Waals surface area (Å²) in [5.74, 6) is -0.302. The number of hydrogen-bond donors (Lipinski definition) is 1. The molecule has 0 aromatic heterocycles. The Bertz CT molecular complexity index is 1070. The number of carbonyl (C=O) groups is 1. The molecule has 1 heterocycles. The lowest BCUT2D eigenvalue weighted by Crippen LogP contribution is -2.25. The maximum atomic E-state index is 12.6. The van der Waals surface area contributed by atoms with Crippen LogP contribution in [0.5, 0.6) is 11.5 Å². The fourth-order valence-electron chi connectivity index (χ4n) is 3.48. The largest absolute Gasteiger partial charge is 0.490 e. The first-order chi connectivity index (χ1) is 15.0. The van der Waals surface area contributed by atoms with Gasteiger partial charge < -0.3 is 24.7 Å². The summed E-state index contributed by atoms with van der Waals surface area (Å²) in [4.78, 5) is 12.6. The van der Waals surface area contributed by atoms with E-state index in [2.05, 4.69) is 6.07 Å². The summed E-state index contributed by atoms with van der Waals surface area (Å²) in [5.41, 5.74) is 7.81. The average molecular weight is 420 g/mol. The summed E-state index contributed by atoms with van der Waals surface area (Å²) < 4.78 is 22.4. The Labute approximate surface area is 181 Å². The van der Waals surface area contributed by atoms with E-state index in [9.17, 15) is 10.1 Å². The number of allylic oxidation sites excluding steroid dienone is 2. The molecule has 0 saturated heterocycles. The molecule has 3 rings (SSSR count). The van der Waals surface area contributed by atoms with E-state index in [0.29, 0.717) is 23.7 Å². The Morgan fingerprint density at radius 1 is 1.16 bits per heavy atom. The van der Waals surface area contributed by atoms with Crippen molar-refractivity contribution in [2.75, 3.05) is 13.7 Å². The van der Waals surface area contributed by atoms with Crippen LogP contribution in [0.25, 0.3) is 0 Å². The quantitative estimate of drug-likeness (QED) is 0.677. The number of nitrogens with zero attached hydrogens (tertiary/aromatic N) is 1. The minimum atomic E-state index is -0.822. The lowest BCUT2D eigenvalue weighted by atomic mass is 9.82. The van der Waals surface area contributed by atoms with E-state index in [-0.39, 0.29) is 29.4 Å². The molecule has 2 aromatic carbocycles. The summed E-state index contributed by atoms with van der Waals surface area (Å²) in [6.07, 6.45) is 0. The van der Waals surface area contributed by atoms with E-state index in [1.807, 2.05) is 37.3 Å². The average Bonchev–Trinajstić information content (AvgIpc) is 2.78. The molecule has 0 aliphatic carbocycles. The lowest BCUT2D eigenvalue weighted by molar-refractivity contribution is -0.136. The van der Waals surface area contributed by atoms with Crippen LogP contribution in [0.1, 0.15) is 30.9 Å². The normalized spacial score (nSPS) is 15.7. The third kappa shape index (κ3) is 4.48. The molecule has 1 atom stereocenters. The van der Waals surface area contributed by atoms with E-state index in [4.69, 9.17) is 24.7 Å². The maximum Gasteiger partial charge on any atom is 0.338 e. The molecule has 0 spiro atoms. The predicted molar refractivity (Wildman–Crippen MR) is 114 cm³/mol. The van der Waals surface area contributed by atoms with Crippen molar-refractivity contribution in [1.29, 1.82) is 5.26 Å². The molecule has 0 amide bonds. The van der Waals surface area contributed by atoms with Crippen molar-refractivity contribution in [3.8, 4) is 17.6 Å². The first-order valence-corrected chi connectivity index (χ1v) is 9.80. The van der Waals surface area contributed by atoms with Crippen LogP contribution in [0.4, 0.5) is 0 Å². The molecule has 2 N–H and O–H groups in total. The zero-order valence-corrected chi connectivity index (χ0v) is 17.7. The fourth-order valence-corrected chi connectivity index (χ4v) is 3.48. The molecule has 31 heavy (non-hydrogen) atoms. The molecule has 0 bridgehead atoms. The van der Waals surface area contributed by atoms with Gasteiger partial charge in [0.05, 0.1) is 25.2 Å². The minimum Gasteiger partial charge on any atom is -0.490 e. The first-order valence-electron chi connectivity index (χ1n) is 9.80. The van der Waals surface area contributed by atoms with Gasteiger partial charge >= 0.3 is 5.97 Å². The van der Waals surface area contributed by atoms with E-state index in [1.165, 1.54) is 7.11 Å². The highest BCUT2D eigenvalue weighted by Gasteiger charge is 2.38. The number of carbonyl (C=O) groups excluding carboxylic acids is 1. The molecule has 0 unspecified atom stereocenters. The second kappa shape index (κ2) is 9.72. The van der Waals surface area contributed by atoms with Gasteiger partial charge in [0, 0.05) is 5.56 Å². The van der Waals surface area contributed by atoms with Crippen molar-refractivity contribution < 1.29 is 23.7 Å². The molecule has 1 aliphatic heterocycles. The predicted octanol–water partition coefficient (Wildman–Crippen LogP) is 3.92. The van der Waals surface area contributed by atoms with Crippen LogP contribution in [0, 0.1) is 11.3 Å². The van der Waals surface area contributed by atoms with Crippen molar-refractivity contribution in [3.63, 3.8) is 0 Å². The van der Waals surface area contributed by atoms with Crippen molar-refractivity contribution in [2.45, 2.75) is 26.4 Å². The number of nitriles is 1. The SMILES string of the molecule is CCOc1cccc([C@@H]2C(C#N)=C(N)OC(C)=C2C(=O)OC)c1OCc1ccccc1. The van der Waals surface area contributed by atoms with Crippen LogP contribution < -0.4 is 15.2 Å². The van der Waals surface area contributed by atoms with E-state index in [0.717, 1.165) is 5.56 Å². The van der Waals surface area contributed by atoms with Gasteiger partial charge in [0.15, 0.2) is 11.5 Å². The Balaban J connectivity index is 2.16. The van der Waals surface area contributed by atoms with Crippen molar-refractivity contribution in [1.82, 2.24) is 0 Å². The smallest absolute Gasteiger partial charge is 0.338 e. The van der Waals surface area contributed by atoms with Crippen LogP contribution in [0.15, 0.2) is 71.3 Å². The summed E-state index contributed by atoms with van der Waals surface area (Å²) >= 11 is 0. The van der Waals surface area contributed by atoms with E-state index < -0.39 is 11.9 Å². The number of hydrogen-bond acceptors (Lipinski definition) is 7.